The van der Waals surface area contributed by atoms with Crippen LogP contribution in [0.25, 0.3) is 21.9 Å². The monoisotopic (exact) mass is 398 g/mol. The fourth-order valence-corrected chi connectivity index (χ4v) is 3.50. The first kappa shape index (κ1) is 19.2. The molecule has 1 aromatic heterocycles. The number of carbonyl (C=O) groups excluding carboxylic acids is 1. The van der Waals surface area contributed by atoms with E-state index in [0.29, 0.717) is 10.9 Å². The van der Waals surface area contributed by atoms with Gasteiger partial charge in [-0.3, -0.25) is 9.52 Å². The lowest BCUT2D eigenvalue weighted by atomic mass is 10.1. The number of fused-ring (bicyclic) bond motifs is 2. The van der Waals surface area contributed by atoms with Gasteiger partial charge in [0.05, 0.1) is 35.7 Å². The number of ether oxygens (including phenoxy) is 1. The summed E-state index contributed by atoms with van der Waals surface area (Å²) in [6, 6.07) is 4.37. The van der Waals surface area contributed by atoms with Crippen molar-refractivity contribution in [3.63, 3.8) is 0 Å². The minimum absolute atomic E-state index is 0.0358. The molecule has 0 unspecified atom stereocenters. The van der Waals surface area contributed by atoms with Gasteiger partial charge in [-0.15, -0.1) is 0 Å². The number of benzene rings is 1. The zero-order valence-electron chi connectivity index (χ0n) is 14.7. The molecule has 2 aromatic rings. The molecule has 1 aliphatic heterocycles. The van der Waals surface area contributed by atoms with Crippen LogP contribution in [0.4, 0.5) is 5.69 Å². The van der Waals surface area contributed by atoms with Crippen molar-refractivity contribution in [3.05, 3.63) is 56.9 Å². The third-order valence-electron chi connectivity index (χ3n) is 3.78. The van der Waals surface area contributed by atoms with E-state index in [9.17, 15) is 18.0 Å². The standard InChI is InChI=1S/C19H14N2O6S/c1-3-26-19(23)16(20-2)10-14-8-13-9-15-12(11-17(13)27-18(14)22)6-4-5-7-28(24,25)21-15/h8-11,21H,3,5,7H2,1H3. The lowest BCUT2D eigenvalue weighted by molar-refractivity contribution is -0.138. The van der Waals surface area contributed by atoms with Crippen LogP contribution in [0.5, 0.6) is 0 Å². The third kappa shape index (κ3) is 4.05. The normalized spacial score (nSPS) is 15.1. The van der Waals surface area contributed by atoms with Gasteiger partial charge in [-0.1, -0.05) is 11.8 Å². The quantitative estimate of drug-likeness (QED) is 0.279. The SMILES string of the molecule is [C-]#[N+]C(=Cc1cc2cc3c(cc2oc1=O)C#CCCS(=O)(=O)N3)C(=O)OCC. The Hall–Kier alpha value is -3.56. The van der Waals surface area contributed by atoms with Crippen molar-refractivity contribution in [1.29, 1.82) is 0 Å². The fourth-order valence-electron chi connectivity index (χ4n) is 2.52. The van der Waals surface area contributed by atoms with Crippen molar-refractivity contribution in [1.82, 2.24) is 0 Å². The van der Waals surface area contributed by atoms with Crippen LogP contribution in [0.15, 0.2) is 33.1 Å². The molecule has 0 spiro atoms. The largest absolute Gasteiger partial charge is 0.471 e. The Morgan fingerprint density at radius 2 is 2.21 bits per heavy atom. The van der Waals surface area contributed by atoms with Crippen molar-refractivity contribution in [2.24, 2.45) is 0 Å². The molecule has 0 saturated carbocycles. The Balaban J connectivity index is 2.16. The Morgan fingerprint density at radius 3 is 2.93 bits per heavy atom. The Kier molecular flexibility index (Phi) is 5.21. The van der Waals surface area contributed by atoms with Crippen molar-refractivity contribution < 1.29 is 22.4 Å². The van der Waals surface area contributed by atoms with Gasteiger partial charge >= 0.3 is 11.6 Å². The molecular formula is C19H14N2O6S. The van der Waals surface area contributed by atoms with E-state index >= 15 is 0 Å². The van der Waals surface area contributed by atoms with Crippen LogP contribution in [0.3, 0.4) is 0 Å². The molecule has 0 fully saturated rings. The van der Waals surface area contributed by atoms with E-state index in [1.54, 1.807) is 6.92 Å². The summed E-state index contributed by atoms with van der Waals surface area (Å²) < 4.78 is 36.5. The second-order valence-corrected chi connectivity index (χ2v) is 7.60. The first-order valence-corrected chi connectivity index (χ1v) is 9.85. The topological polar surface area (TPSA) is 107 Å². The van der Waals surface area contributed by atoms with Gasteiger partial charge in [0.2, 0.25) is 10.0 Å². The first-order valence-electron chi connectivity index (χ1n) is 8.20. The van der Waals surface area contributed by atoms with Crippen LogP contribution in [0, 0.1) is 18.4 Å². The van der Waals surface area contributed by atoms with Gasteiger partial charge in [0.25, 0.3) is 5.70 Å². The van der Waals surface area contributed by atoms with Crippen molar-refractivity contribution in [2.75, 3.05) is 17.1 Å². The molecule has 0 aliphatic carbocycles. The Bertz CT molecular complexity index is 1270. The predicted molar refractivity (Wildman–Crippen MR) is 103 cm³/mol. The molecule has 142 valence electrons. The summed E-state index contributed by atoms with van der Waals surface area (Å²) in [5.74, 6) is 4.64. The number of esters is 1. The number of hydrogen-bond acceptors (Lipinski definition) is 6. The van der Waals surface area contributed by atoms with Crippen LogP contribution in [0.2, 0.25) is 0 Å². The Morgan fingerprint density at radius 1 is 1.43 bits per heavy atom. The summed E-state index contributed by atoms with van der Waals surface area (Å²) in [6.07, 6.45) is 1.27. The summed E-state index contributed by atoms with van der Waals surface area (Å²) in [5.41, 5.74) is -0.305. The highest BCUT2D eigenvalue weighted by atomic mass is 32.2. The number of carbonyl (C=O) groups is 1. The van der Waals surface area contributed by atoms with Crippen molar-refractivity contribution >= 4 is 38.7 Å². The molecule has 28 heavy (non-hydrogen) atoms. The molecule has 1 aromatic carbocycles. The number of nitrogens with one attached hydrogen (secondary N) is 1. The molecule has 0 bridgehead atoms. The van der Waals surface area contributed by atoms with Crippen LogP contribution in [0.1, 0.15) is 24.5 Å². The maximum Gasteiger partial charge on any atom is 0.342 e. The second kappa shape index (κ2) is 7.59. The fraction of sp³-hybridized carbons (Fsp3) is 0.211. The molecule has 2 heterocycles. The van der Waals surface area contributed by atoms with Crippen LogP contribution in [-0.4, -0.2) is 26.7 Å². The maximum absolute atomic E-state index is 12.2. The molecule has 0 radical (unpaired) electrons. The van der Waals surface area contributed by atoms with Crippen LogP contribution in [-0.2, 0) is 19.6 Å². The number of nitrogens with zero attached hydrogens (tertiary/aromatic N) is 1. The van der Waals surface area contributed by atoms with Crippen molar-refractivity contribution in [3.8, 4) is 11.8 Å². The predicted octanol–water partition coefficient (Wildman–Crippen LogP) is 2.11. The minimum Gasteiger partial charge on any atom is -0.471 e. The molecular weight excluding hydrogens is 384 g/mol. The van der Waals surface area contributed by atoms with E-state index in [4.69, 9.17) is 15.7 Å². The van der Waals surface area contributed by atoms with Crippen LogP contribution >= 0.6 is 0 Å². The summed E-state index contributed by atoms with van der Waals surface area (Å²) >= 11 is 0. The van der Waals surface area contributed by atoms with E-state index in [-0.39, 0.29) is 41.3 Å². The van der Waals surface area contributed by atoms with E-state index in [2.05, 4.69) is 21.4 Å². The summed E-state index contributed by atoms with van der Waals surface area (Å²) in [7, 11) is -3.54. The average molecular weight is 398 g/mol. The number of hydrogen-bond donors (Lipinski definition) is 1. The van der Waals surface area contributed by atoms with Gasteiger partial charge in [-0.25, -0.2) is 18.1 Å². The minimum atomic E-state index is -3.54. The molecule has 1 aliphatic rings. The van der Waals surface area contributed by atoms with E-state index in [1.807, 2.05) is 0 Å². The first-order chi connectivity index (χ1) is 13.3. The van der Waals surface area contributed by atoms with Gasteiger partial charge in [-0.05, 0) is 31.2 Å². The number of sulfonamides is 1. The summed E-state index contributed by atoms with van der Waals surface area (Å²) in [6.45, 7) is 8.78. The van der Waals surface area contributed by atoms with E-state index in [1.165, 1.54) is 18.2 Å². The summed E-state index contributed by atoms with van der Waals surface area (Å²) in [4.78, 5) is 27.1. The summed E-state index contributed by atoms with van der Waals surface area (Å²) in [5, 5.41) is 0.405. The van der Waals surface area contributed by atoms with Gasteiger partial charge < -0.3 is 9.15 Å². The van der Waals surface area contributed by atoms with Gasteiger partial charge in [0, 0.05) is 11.8 Å². The molecule has 0 amide bonds. The zero-order chi connectivity index (χ0) is 20.3. The molecule has 1 N–H and O–H groups in total. The lowest BCUT2D eigenvalue weighted by Crippen LogP contribution is -2.18. The highest BCUT2D eigenvalue weighted by molar-refractivity contribution is 7.92. The van der Waals surface area contributed by atoms with Gasteiger partial charge in [0.15, 0.2) is 0 Å². The number of anilines is 1. The maximum atomic E-state index is 12.2. The zero-order valence-corrected chi connectivity index (χ0v) is 15.6. The smallest absolute Gasteiger partial charge is 0.342 e. The highest BCUT2D eigenvalue weighted by Gasteiger charge is 2.17. The van der Waals surface area contributed by atoms with E-state index < -0.39 is 21.6 Å². The lowest BCUT2D eigenvalue weighted by Gasteiger charge is -2.12. The Labute approximate surface area is 160 Å². The number of rotatable bonds is 3. The third-order valence-corrected chi connectivity index (χ3v) is 5.05. The van der Waals surface area contributed by atoms with Gasteiger partial charge in [-0.2, -0.15) is 0 Å². The second-order valence-electron chi connectivity index (χ2n) is 5.76. The van der Waals surface area contributed by atoms with Gasteiger partial charge in [0.1, 0.15) is 5.58 Å². The highest BCUT2D eigenvalue weighted by Crippen LogP contribution is 2.26. The average Bonchev–Trinajstić information content (AvgIpc) is 2.62. The molecule has 0 saturated heterocycles. The molecule has 3 rings (SSSR count). The molecule has 9 heteroatoms. The molecule has 0 atom stereocenters. The molecule has 8 nitrogen and oxygen atoms in total. The van der Waals surface area contributed by atoms with Crippen molar-refractivity contribution in [2.45, 2.75) is 13.3 Å². The van der Waals surface area contributed by atoms with E-state index in [0.717, 1.165) is 6.08 Å². The van der Waals surface area contributed by atoms with Crippen LogP contribution < -0.4 is 10.3 Å².